The van der Waals surface area contributed by atoms with Crippen molar-refractivity contribution in [3.8, 4) is 0 Å². The number of Topliss-reactive ketones (excluding diaryl/α,β-unsaturated/α-hetero) is 1. The Hall–Kier alpha value is -2.95. The van der Waals surface area contributed by atoms with E-state index in [1.165, 1.54) is 18.5 Å². The van der Waals surface area contributed by atoms with Gasteiger partial charge in [-0.1, -0.05) is 60.7 Å². The smallest absolute Gasteiger partial charge is 0.162 e. The summed E-state index contributed by atoms with van der Waals surface area (Å²) in [4.78, 5) is 17.6. The van der Waals surface area contributed by atoms with Crippen molar-refractivity contribution in [1.29, 1.82) is 0 Å². The molecule has 4 heteroatoms. The number of piperidine rings is 1. The van der Waals surface area contributed by atoms with Crippen LogP contribution < -0.4 is 4.90 Å². The molecule has 1 N–H and O–H groups in total. The zero-order valence-corrected chi connectivity index (χ0v) is 21.2. The van der Waals surface area contributed by atoms with Crippen LogP contribution >= 0.6 is 0 Å². The Morgan fingerprint density at radius 3 is 1.89 bits per heavy atom. The second-order valence-electron chi connectivity index (χ2n) is 10.4. The largest absolute Gasteiger partial charge is 0.380 e. The summed E-state index contributed by atoms with van der Waals surface area (Å²) >= 11 is 0. The first-order chi connectivity index (χ1) is 17.6. The molecule has 36 heavy (non-hydrogen) atoms. The lowest BCUT2D eigenvalue weighted by Gasteiger charge is -2.42. The number of ketones is 1. The van der Waals surface area contributed by atoms with Crippen molar-refractivity contribution in [2.24, 2.45) is 5.92 Å². The molecule has 2 heterocycles. The Kier molecular flexibility index (Phi) is 7.84. The SMILES string of the molecule is O=C(CCCN1CCC(C(O)(c2ccccc2)c2ccccc2)CC1)c1ccc(N2CCCC2)cc1. The Balaban J connectivity index is 1.14. The molecule has 0 spiro atoms. The minimum Gasteiger partial charge on any atom is -0.380 e. The van der Waals surface area contributed by atoms with Gasteiger partial charge in [-0.15, -0.1) is 0 Å². The first-order valence-corrected chi connectivity index (χ1v) is 13.6. The normalized spacial score (nSPS) is 17.4. The predicted molar refractivity (Wildman–Crippen MR) is 147 cm³/mol. The summed E-state index contributed by atoms with van der Waals surface area (Å²) in [6, 6.07) is 28.4. The molecule has 0 atom stereocenters. The van der Waals surface area contributed by atoms with Crippen molar-refractivity contribution in [3.63, 3.8) is 0 Å². The van der Waals surface area contributed by atoms with Gasteiger partial charge in [-0.05, 0) is 93.0 Å². The van der Waals surface area contributed by atoms with Gasteiger partial charge >= 0.3 is 0 Å². The van der Waals surface area contributed by atoms with Gasteiger partial charge in [0, 0.05) is 30.8 Å². The van der Waals surface area contributed by atoms with E-state index in [-0.39, 0.29) is 11.7 Å². The zero-order valence-electron chi connectivity index (χ0n) is 21.2. The highest BCUT2D eigenvalue weighted by Gasteiger charge is 2.41. The number of aliphatic hydroxyl groups is 1. The maximum atomic E-state index is 12.8. The lowest BCUT2D eigenvalue weighted by Crippen LogP contribution is -2.44. The molecule has 2 fully saturated rings. The maximum Gasteiger partial charge on any atom is 0.162 e. The van der Waals surface area contributed by atoms with E-state index < -0.39 is 5.60 Å². The van der Waals surface area contributed by atoms with Crippen LogP contribution in [0.4, 0.5) is 5.69 Å². The standard InChI is InChI=1S/C32H38N2O2/c35-31(26-15-17-30(18-16-26)34-22-7-8-23-34)14-9-21-33-24-19-29(20-25-33)32(36,27-10-3-1-4-11-27)28-12-5-2-6-13-28/h1-6,10-13,15-18,29,36H,7-9,14,19-25H2. The number of anilines is 1. The number of benzene rings is 3. The number of hydrogen-bond acceptors (Lipinski definition) is 4. The summed E-state index contributed by atoms with van der Waals surface area (Å²) < 4.78 is 0. The Labute approximate surface area is 215 Å². The molecular formula is C32H38N2O2. The van der Waals surface area contributed by atoms with Crippen molar-refractivity contribution in [3.05, 3.63) is 102 Å². The molecule has 0 radical (unpaired) electrons. The van der Waals surface area contributed by atoms with Gasteiger partial charge in [-0.25, -0.2) is 0 Å². The summed E-state index contributed by atoms with van der Waals surface area (Å²) in [5.74, 6) is 0.398. The molecule has 0 aromatic heterocycles. The van der Waals surface area contributed by atoms with Crippen LogP contribution in [0.1, 0.15) is 60.0 Å². The quantitative estimate of drug-likeness (QED) is 0.386. The van der Waals surface area contributed by atoms with E-state index >= 15 is 0 Å². The lowest BCUT2D eigenvalue weighted by atomic mass is 9.72. The van der Waals surface area contributed by atoms with Gasteiger partial charge in [-0.2, -0.15) is 0 Å². The number of rotatable bonds is 9. The highest BCUT2D eigenvalue weighted by atomic mass is 16.3. The first-order valence-electron chi connectivity index (χ1n) is 13.6. The van der Waals surface area contributed by atoms with E-state index in [0.29, 0.717) is 6.42 Å². The topological polar surface area (TPSA) is 43.8 Å². The van der Waals surface area contributed by atoms with Crippen molar-refractivity contribution in [2.45, 2.75) is 44.1 Å². The third-order valence-corrected chi connectivity index (χ3v) is 8.14. The number of likely N-dealkylation sites (tertiary alicyclic amines) is 1. The molecule has 0 bridgehead atoms. The highest BCUT2D eigenvalue weighted by molar-refractivity contribution is 5.96. The Morgan fingerprint density at radius 2 is 1.33 bits per heavy atom. The van der Waals surface area contributed by atoms with Crippen LogP contribution in [0, 0.1) is 5.92 Å². The van der Waals surface area contributed by atoms with E-state index in [1.54, 1.807) is 0 Å². The van der Waals surface area contributed by atoms with Crippen molar-refractivity contribution >= 4 is 11.5 Å². The number of hydrogen-bond donors (Lipinski definition) is 1. The molecule has 2 aliphatic heterocycles. The monoisotopic (exact) mass is 482 g/mol. The predicted octanol–water partition coefficient (Wildman–Crippen LogP) is 5.90. The average Bonchev–Trinajstić information content (AvgIpc) is 3.49. The number of carbonyl (C=O) groups is 1. The molecule has 188 valence electrons. The second-order valence-corrected chi connectivity index (χ2v) is 10.4. The van der Waals surface area contributed by atoms with Gasteiger partial charge in [-0.3, -0.25) is 4.79 Å². The summed E-state index contributed by atoms with van der Waals surface area (Å²) in [6.45, 7) is 5.08. The zero-order chi connectivity index (χ0) is 24.8. The minimum absolute atomic E-state index is 0.161. The third kappa shape index (κ3) is 5.40. The van der Waals surface area contributed by atoms with E-state index in [0.717, 1.165) is 68.7 Å². The fourth-order valence-electron chi connectivity index (χ4n) is 6.04. The first kappa shape index (κ1) is 24.7. The third-order valence-electron chi connectivity index (χ3n) is 8.14. The summed E-state index contributed by atoms with van der Waals surface area (Å²) in [6.07, 6.45) is 5.85. The molecular weight excluding hydrogens is 444 g/mol. The molecule has 3 aromatic rings. The minimum atomic E-state index is -0.980. The van der Waals surface area contributed by atoms with Crippen LogP contribution in [0.3, 0.4) is 0 Å². The fourth-order valence-corrected chi connectivity index (χ4v) is 6.04. The average molecular weight is 483 g/mol. The maximum absolute atomic E-state index is 12.8. The van der Waals surface area contributed by atoms with Crippen LogP contribution in [0.25, 0.3) is 0 Å². The van der Waals surface area contributed by atoms with Crippen molar-refractivity contribution in [1.82, 2.24) is 4.90 Å². The van der Waals surface area contributed by atoms with E-state index in [9.17, 15) is 9.90 Å². The molecule has 5 rings (SSSR count). The van der Waals surface area contributed by atoms with Crippen LogP contribution in [0.5, 0.6) is 0 Å². The Bertz CT molecular complexity index is 1060. The van der Waals surface area contributed by atoms with Crippen LogP contribution in [-0.2, 0) is 5.60 Å². The number of carbonyl (C=O) groups excluding carboxylic acids is 1. The van der Waals surface area contributed by atoms with Gasteiger partial charge < -0.3 is 14.9 Å². The summed E-state index contributed by atoms with van der Waals surface area (Å²) in [5.41, 5.74) is 3.02. The van der Waals surface area contributed by atoms with E-state index in [2.05, 4.69) is 21.9 Å². The highest BCUT2D eigenvalue weighted by Crippen LogP contribution is 2.41. The molecule has 0 amide bonds. The fraction of sp³-hybridized carbons (Fsp3) is 0.406. The van der Waals surface area contributed by atoms with E-state index in [1.807, 2.05) is 72.8 Å². The van der Waals surface area contributed by atoms with Gasteiger partial charge in [0.05, 0.1) is 0 Å². The summed E-state index contributed by atoms with van der Waals surface area (Å²) in [7, 11) is 0. The van der Waals surface area contributed by atoms with Gasteiger partial charge in [0.25, 0.3) is 0 Å². The molecule has 0 saturated carbocycles. The van der Waals surface area contributed by atoms with Crippen LogP contribution in [0.15, 0.2) is 84.9 Å². The van der Waals surface area contributed by atoms with Crippen molar-refractivity contribution < 1.29 is 9.90 Å². The Morgan fingerprint density at radius 1 is 0.778 bits per heavy atom. The van der Waals surface area contributed by atoms with Gasteiger partial charge in [0.2, 0.25) is 0 Å². The lowest BCUT2D eigenvalue weighted by molar-refractivity contribution is -0.0142. The molecule has 2 aliphatic rings. The number of nitrogens with zero attached hydrogens (tertiary/aromatic N) is 2. The summed E-state index contributed by atoms with van der Waals surface area (Å²) in [5, 5.41) is 12.1. The molecule has 3 aromatic carbocycles. The molecule has 2 saturated heterocycles. The van der Waals surface area contributed by atoms with Crippen molar-refractivity contribution in [2.75, 3.05) is 37.6 Å². The van der Waals surface area contributed by atoms with Gasteiger partial charge in [0.15, 0.2) is 5.78 Å². The van der Waals surface area contributed by atoms with Crippen LogP contribution in [-0.4, -0.2) is 48.5 Å². The second kappa shape index (κ2) is 11.4. The van der Waals surface area contributed by atoms with E-state index in [4.69, 9.17) is 0 Å². The van der Waals surface area contributed by atoms with Crippen LogP contribution in [0.2, 0.25) is 0 Å². The molecule has 0 unspecified atom stereocenters. The molecule has 4 nitrogen and oxygen atoms in total. The van der Waals surface area contributed by atoms with Gasteiger partial charge in [0.1, 0.15) is 5.60 Å². The molecule has 0 aliphatic carbocycles.